The topological polar surface area (TPSA) is 75.7 Å². The Bertz CT molecular complexity index is 1040. The molecular weight excluding hydrogens is 424 g/mol. The number of rotatable bonds is 10. The number of sulfonamides is 1. The highest BCUT2D eigenvalue weighted by molar-refractivity contribution is 7.92. The number of hydrogen-bond acceptors (Lipinski definition) is 4. The predicted octanol–water partition coefficient (Wildman–Crippen LogP) is 4.39. The average Bonchev–Trinajstić information content (AvgIpc) is 2.79. The Morgan fingerprint density at radius 1 is 1.12 bits per heavy atom. The smallest absolute Gasteiger partial charge is 0.232 e. The number of amides is 1. The molecule has 7 heteroatoms. The molecule has 0 radical (unpaired) electrons. The fourth-order valence-electron chi connectivity index (χ4n) is 4.29. The van der Waals surface area contributed by atoms with Gasteiger partial charge >= 0.3 is 0 Å². The van der Waals surface area contributed by atoms with Crippen molar-refractivity contribution in [2.24, 2.45) is 0 Å². The Labute approximate surface area is 192 Å². The predicted molar refractivity (Wildman–Crippen MR) is 129 cm³/mol. The SMILES string of the molecule is CCC(NC(=O)CCCN(c1cccc(OC)c1)S(C)(=O)=O)c1ccc2c(c1)CCCC2. The minimum atomic E-state index is -3.47. The number of nitrogens with zero attached hydrogens (tertiary/aromatic N) is 1. The van der Waals surface area contributed by atoms with Crippen LogP contribution < -0.4 is 14.4 Å². The maximum Gasteiger partial charge on any atom is 0.232 e. The highest BCUT2D eigenvalue weighted by Gasteiger charge is 2.20. The summed E-state index contributed by atoms with van der Waals surface area (Å²) in [5, 5.41) is 3.13. The van der Waals surface area contributed by atoms with Crippen LogP contribution in [0.15, 0.2) is 42.5 Å². The van der Waals surface area contributed by atoms with Crippen molar-refractivity contribution in [1.29, 1.82) is 0 Å². The molecule has 1 aliphatic carbocycles. The van der Waals surface area contributed by atoms with Crippen LogP contribution in [0.3, 0.4) is 0 Å². The second kappa shape index (κ2) is 10.9. The second-order valence-electron chi connectivity index (χ2n) is 8.40. The monoisotopic (exact) mass is 458 g/mol. The molecule has 0 fully saturated rings. The summed E-state index contributed by atoms with van der Waals surface area (Å²) in [4.78, 5) is 12.6. The summed E-state index contributed by atoms with van der Waals surface area (Å²) in [5.41, 5.74) is 4.52. The van der Waals surface area contributed by atoms with Crippen LogP contribution in [0.2, 0.25) is 0 Å². The fraction of sp³-hybridized carbons (Fsp3) is 0.480. The lowest BCUT2D eigenvalue weighted by Gasteiger charge is -2.24. The van der Waals surface area contributed by atoms with Gasteiger partial charge in [0.15, 0.2) is 0 Å². The third kappa shape index (κ3) is 6.25. The van der Waals surface area contributed by atoms with Crippen LogP contribution in [0.5, 0.6) is 5.75 Å². The van der Waals surface area contributed by atoms with Gasteiger partial charge in [-0.15, -0.1) is 0 Å². The van der Waals surface area contributed by atoms with Crippen molar-refractivity contribution in [2.75, 3.05) is 24.2 Å². The number of ether oxygens (including phenoxy) is 1. The van der Waals surface area contributed by atoms with Gasteiger partial charge in [-0.2, -0.15) is 0 Å². The van der Waals surface area contributed by atoms with E-state index in [0.717, 1.165) is 24.8 Å². The number of carbonyl (C=O) groups is 1. The van der Waals surface area contributed by atoms with Gasteiger partial charge in [-0.1, -0.05) is 31.2 Å². The molecule has 0 aromatic heterocycles. The summed E-state index contributed by atoms with van der Waals surface area (Å²) < 4.78 is 31.2. The first kappa shape index (κ1) is 24.1. The Balaban J connectivity index is 1.60. The molecule has 0 heterocycles. The van der Waals surface area contributed by atoms with Crippen LogP contribution in [-0.4, -0.2) is 34.2 Å². The number of carbonyl (C=O) groups excluding carboxylic acids is 1. The van der Waals surface area contributed by atoms with E-state index in [1.807, 2.05) is 0 Å². The summed E-state index contributed by atoms with van der Waals surface area (Å²) in [6.45, 7) is 2.30. The quantitative estimate of drug-likeness (QED) is 0.573. The van der Waals surface area contributed by atoms with Crippen LogP contribution in [0, 0.1) is 0 Å². The highest BCUT2D eigenvalue weighted by atomic mass is 32.2. The van der Waals surface area contributed by atoms with Gasteiger partial charge < -0.3 is 10.1 Å². The summed E-state index contributed by atoms with van der Waals surface area (Å²) >= 11 is 0. The largest absolute Gasteiger partial charge is 0.497 e. The molecule has 1 N–H and O–H groups in total. The summed E-state index contributed by atoms with van der Waals surface area (Å²) in [5.74, 6) is 0.526. The van der Waals surface area contributed by atoms with E-state index >= 15 is 0 Å². The number of aryl methyl sites for hydroxylation is 2. The van der Waals surface area contributed by atoms with Crippen LogP contribution in [0.25, 0.3) is 0 Å². The summed E-state index contributed by atoms with van der Waals surface area (Å²) in [6, 6.07) is 13.5. The van der Waals surface area contributed by atoms with Gasteiger partial charge in [0.1, 0.15) is 5.75 Å². The van der Waals surface area contributed by atoms with Crippen molar-refractivity contribution >= 4 is 21.6 Å². The fourth-order valence-corrected chi connectivity index (χ4v) is 5.25. The molecular formula is C25H34N2O4S. The van der Waals surface area contributed by atoms with E-state index < -0.39 is 10.0 Å². The van der Waals surface area contributed by atoms with Crippen molar-refractivity contribution < 1.29 is 17.9 Å². The molecule has 2 aromatic carbocycles. The Morgan fingerprint density at radius 3 is 2.56 bits per heavy atom. The summed E-state index contributed by atoms with van der Waals surface area (Å²) in [6.07, 6.45) is 7.40. The zero-order chi connectivity index (χ0) is 23.1. The van der Waals surface area contributed by atoms with E-state index in [9.17, 15) is 13.2 Å². The molecule has 0 spiro atoms. The minimum Gasteiger partial charge on any atom is -0.497 e. The number of methoxy groups -OCH3 is 1. The molecule has 0 bridgehead atoms. The van der Waals surface area contributed by atoms with Crippen molar-refractivity contribution in [3.63, 3.8) is 0 Å². The first-order valence-electron chi connectivity index (χ1n) is 11.3. The van der Waals surface area contributed by atoms with E-state index in [1.54, 1.807) is 31.4 Å². The van der Waals surface area contributed by atoms with Crippen LogP contribution in [0.4, 0.5) is 5.69 Å². The molecule has 3 rings (SSSR count). The van der Waals surface area contributed by atoms with Crippen LogP contribution in [-0.2, 0) is 27.7 Å². The van der Waals surface area contributed by atoms with Crippen LogP contribution in [0.1, 0.15) is 61.8 Å². The molecule has 1 aliphatic rings. The van der Waals surface area contributed by atoms with E-state index in [1.165, 1.54) is 34.5 Å². The molecule has 174 valence electrons. The lowest BCUT2D eigenvalue weighted by Crippen LogP contribution is -2.33. The standard InChI is InChI=1S/C25H34N2O4S/c1-4-24(21-15-14-19-9-5-6-10-20(19)17-21)26-25(28)13-8-16-27(32(3,29)30)22-11-7-12-23(18-22)31-2/h7,11-12,14-15,17-18,24H,4-6,8-10,13,16H2,1-3H3,(H,26,28). The summed E-state index contributed by atoms with van der Waals surface area (Å²) in [7, 11) is -1.93. The number of fused-ring (bicyclic) bond motifs is 1. The average molecular weight is 459 g/mol. The highest BCUT2D eigenvalue weighted by Crippen LogP contribution is 2.26. The van der Waals surface area contributed by atoms with E-state index in [4.69, 9.17) is 4.74 Å². The zero-order valence-corrected chi connectivity index (χ0v) is 20.1. The van der Waals surface area contributed by atoms with Gasteiger partial charge in [0.2, 0.25) is 15.9 Å². The van der Waals surface area contributed by atoms with Crippen molar-refractivity contribution in [3.05, 3.63) is 59.2 Å². The molecule has 32 heavy (non-hydrogen) atoms. The van der Waals surface area contributed by atoms with E-state index in [0.29, 0.717) is 17.9 Å². The number of benzene rings is 2. The first-order valence-corrected chi connectivity index (χ1v) is 13.2. The van der Waals surface area contributed by atoms with Gasteiger partial charge in [0, 0.05) is 19.0 Å². The lowest BCUT2D eigenvalue weighted by molar-refractivity contribution is -0.121. The normalized spacial score (nSPS) is 14.3. The van der Waals surface area contributed by atoms with E-state index in [-0.39, 0.29) is 24.9 Å². The third-order valence-electron chi connectivity index (χ3n) is 6.03. The number of nitrogens with one attached hydrogen (secondary N) is 1. The molecule has 0 aliphatic heterocycles. The Hall–Kier alpha value is -2.54. The van der Waals surface area contributed by atoms with Gasteiger partial charge in [0.25, 0.3) is 0 Å². The maximum atomic E-state index is 12.6. The van der Waals surface area contributed by atoms with Gasteiger partial charge in [-0.05, 0) is 67.3 Å². The Kier molecular flexibility index (Phi) is 8.18. The first-order chi connectivity index (χ1) is 15.3. The molecule has 2 aromatic rings. The molecule has 6 nitrogen and oxygen atoms in total. The molecule has 0 saturated heterocycles. The molecule has 0 saturated carbocycles. The van der Waals surface area contributed by atoms with Crippen molar-refractivity contribution in [2.45, 2.75) is 57.9 Å². The number of hydrogen-bond donors (Lipinski definition) is 1. The zero-order valence-electron chi connectivity index (χ0n) is 19.3. The third-order valence-corrected chi connectivity index (χ3v) is 7.22. The number of anilines is 1. The van der Waals surface area contributed by atoms with Gasteiger partial charge in [-0.3, -0.25) is 9.10 Å². The van der Waals surface area contributed by atoms with Crippen molar-refractivity contribution in [3.8, 4) is 5.75 Å². The maximum absolute atomic E-state index is 12.6. The Morgan fingerprint density at radius 2 is 1.88 bits per heavy atom. The molecule has 1 atom stereocenters. The van der Waals surface area contributed by atoms with Crippen LogP contribution >= 0.6 is 0 Å². The molecule has 1 unspecified atom stereocenters. The minimum absolute atomic E-state index is 0.0286. The molecule has 1 amide bonds. The van der Waals surface area contributed by atoms with Crippen molar-refractivity contribution in [1.82, 2.24) is 5.32 Å². The second-order valence-corrected chi connectivity index (χ2v) is 10.3. The van der Waals surface area contributed by atoms with Gasteiger partial charge in [0.05, 0.1) is 25.1 Å². The van der Waals surface area contributed by atoms with E-state index in [2.05, 4.69) is 30.4 Å². The lowest BCUT2D eigenvalue weighted by atomic mass is 9.89. The van der Waals surface area contributed by atoms with Gasteiger partial charge in [-0.25, -0.2) is 8.42 Å².